The number of para-hydroxylation sites is 1. The van der Waals surface area contributed by atoms with E-state index in [4.69, 9.17) is 4.74 Å². The highest BCUT2D eigenvalue weighted by Crippen LogP contribution is 2.45. The number of hydrogen-bond acceptors (Lipinski definition) is 5. The molecule has 9 heteroatoms. The van der Waals surface area contributed by atoms with Crippen LogP contribution in [0.2, 0.25) is 0 Å². The number of alkyl halides is 3. The molecule has 1 atom stereocenters. The van der Waals surface area contributed by atoms with E-state index in [0.29, 0.717) is 10.2 Å². The zero-order chi connectivity index (χ0) is 24.6. The molecule has 0 saturated carbocycles. The maximum atomic E-state index is 13.8. The number of rotatable bonds is 6. The van der Waals surface area contributed by atoms with Crippen LogP contribution in [0, 0.1) is 0 Å². The van der Waals surface area contributed by atoms with Crippen molar-refractivity contribution in [2.24, 2.45) is 0 Å². The van der Waals surface area contributed by atoms with Gasteiger partial charge in [0.25, 0.3) is 0 Å². The highest BCUT2D eigenvalue weighted by Gasteiger charge is 2.56. The fraction of sp³-hybridized carbons (Fsp3) is 0.231. The molecule has 35 heavy (non-hydrogen) atoms. The molecule has 3 aromatic carbocycles. The number of carbonyl (C=O) groups is 1. The number of thiazole rings is 1. The van der Waals surface area contributed by atoms with Gasteiger partial charge in [-0.25, -0.2) is 9.78 Å². The van der Waals surface area contributed by atoms with Crippen LogP contribution in [-0.4, -0.2) is 35.5 Å². The first-order chi connectivity index (χ1) is 16.8. The number of benzene rings is 3. The van der Waals surface area contributed by atoms with Gasteiger partial charge in [-0.2, -0.15) is 13.2 Å². The quantitative estimate of drug-likeness (QED) is 0.343. The first-order valence-corrected chi connectivity index (χ1v) is 11.8. The van der Waals surface area contributed by atoms with Crippen LogP contribution < -0.4 is 5.32 Å². The number of halogens is 3. The zero-order valence-corrected chi connectivity index (χ0v) is 19.2. The van der Waals surface area contributed by atoms with E-state index in [1.807, 2.05) is 48.5 Å². The molecule has 1 amide bonds. The SMILES string of the molecule is O=C(NCCC(O)(c1nc2ccccc2s1)C(F)(F)F)OCC1c2ccccc2-c2ccccc21. The number of fused-ring (bicyclic) bond motifs is 4. The van der Waals surface area contributed by atoms with Gasteiger partial charge in [0.15, 0.2) is 0 Å². The first-order valence-electron chi connectivity index (χ1n) is 11.0. The second kappa shape index (κ2) is 8.98. The van der Waals surface area contributed by atoms with Crippen molar-refractivity contribution in [3.05, 3.63) is 88.9 Å². The van der Waals surface area contributed by atoms with E-state index in [9.17, 15) is 23.1 Å². The minimum Gasteiger partial charge on any atom is -0.449 e. The summed E-state index contributed by atoms with van der Waals surface area (Å²) in [5.74, 6) is -0.164. The van der Waals surface area contributed by atoms with Crippen molar-refractivity contribution >= 4 is 27.6 Å². The molecule has 5 nitrogen and oxygen atoms in total. The second-order valence-corrected chi connectivity index (χ2v) is 9.38. The monoisotopic (exact) mass is 498 g/mol. The van der Waals surface area contributed by atoms with Crippen molar-refractivity contribution in [3.8, 4) is 11.1 Å². The topological polar surface area (TPSA) is 71.5 Å². The molecule has 1 heterocycles. The number of nitrogens with one attached hydrogen (secondary N) is 1. The molecule has 1 aliphatic rings. The molecule has 1 aliphatic carbocycles. The average molecular weight is 499 g/mol. The molecule has 0 saturated heterocycles. The second-order valence-electron chi connectivity index (χ2n) is 8.35. The number of aromatic nitrogens is 1. The lowest BCUT2D eigenvalue weighted by molar-refractivity contribution is -0.268. The summed E-state index contributed by atoms with van der Waals surface area (Å²) in [5, 5.41) is 12.5. The summed E-state index contributed by atoms with van der Waals surface area (Å²) in [4.78, 5) is 16.3. The van der Waals surface area contributed by atoms with Crippen LogP contribution in [0.5, 0.6) is 0 Å². The van der Waals surface area contributed by atoms with E-state index < -0.39 is 35.8 Å². The minimum atomic E-state index is -4.97. The summed E-state index contributed by atoms with van der Waals surface area (Å²) in [6.07, 6.45) is -6.61. The largest absolute Gasteiger partial charge is 0.449 e. The summed E-state index contributed by atoms with van der Waals surface area (Å²) in [7, 11) is 0. The van der Waals surface area contributed by atoms with E-state index in [-0.39, 0.29) is 12.5 Å². The molecule has 1 aromatic heterocycles. The number of hydrogen-bond donors (Lipinski definition) is 2. The molecule has 0 spiro atoms. The van der Waals surface area contributed by atoms with Gasteiger partial charge in [-0.3, -0.25) is 0 Å². The van der Waals surface area contributed by atoms with Crippen molar-refractivity contribution in [2.75, 3.05) is 13.2 Å². The Morgan fingerprint density at radius 3 is 2.20 bits per heavy atom. The summed E-state index contributed by atoms with van der Waals surface area (Å²) < 4.78 is 47.5. The minimum absolute atomic E-state index is 0.0429. The Bertz CT molecular complexity index is 1310. The Morgan fingerprint density at radius 2 is 1.57 bits per heavy atom. The number of carbonyl (C=O) groups excluding carboxylic acids is 1. The lowest BCUT2D eigenvalue weighted by Crippen LogP contribution is -2.45. The summed E-state index contributed by atoms with van der Waals surface area (Å²) >= 11 is 0.779. The molecule has 0 fully saturated rings. The molecule has 5 rings (SSSR count). The Balaban J connectivity index is 1.24. The lowest BCUT2D eigenvalue weighted by atomic mass is 9.98. The number of nitrogens with zero attached hydrogens (tertiary/aromatic N) is 1. The van der Waals surface area contributed by atoms with E-state index >= 15 is 0 Å². The van der Waals surface area contributed by atoms with E-state index in [2.05, 4.69) is 10.3 Å². The van der Waals surface area contributed by atoms with Crippen molar-refractivity contribution in [3.63, 3.8) is 0 Å². The predicted octanol–water partition coefficient (Wildman–Crippen LogP) is 5.98. The van der Waals surface area contributed by atoms with Crippen molar-refractivity contribution < 1.29 is 27.8 Å². The van der Waals surface area contributed by atoms with Gasteiger partial charge in [0.2, 0.25) is 5.60 Å². The van der Waals surface area contributed by atoms with Gasteiger partial charge in [0.05, 0.1) is 10.2 Å². The standard InChI is InChI=1S/C26H21F3N2O3S/c27-26(28,29)25(33,23-31-21-11-5-6-12-22(21)35-23)13-14-30-24(32)34-15-20-18-9-3-1-7-16(18)17-8-2-4-10-19(17)20/h1-12,20,33H,13-15H2,(H,30,32). The lowest BCUT2D eigenvalue weighted by Gasteiger charge is -2.28. The van der Waals surface area contributed by atoms with Crippen molar-refractivity contribution in [1.29, 1.82) is 0 Å². The number of ether oxygens (including phenoxy) is 1. The number of aliphatic hydroxyl groups is 1. The van der Waals surface area contributed by atoms with Gasteiger partial charge in [-0.1, -0.05) is 60.7 Å². The smallest absolute Gasteiger partial charge is 0.423 e. The van der Waals surface area contributed by atoms with E-state index in [0.717, 1.165) is 33.6 Å². The van der Waals surface area contributed by atoms with Gasteiger partial charge in [0, 0.05) is 18.9 Å². The Hall–Kier alpha value is -3.43. The molecule has 0 radical (unpaired) electrons. The highest BCUT2D eigenvalue weighted by atomic mass is 32.1. The molecule has 0 bridgehead atoms. The third-order valence-electron chi connectivity index (χ3n) is 6.22. The van der Waals surface area contributed by atoms with Crippen molar-refractivity contribution in [1.82, 2.24) is 10.3 Å². The highest BCUT2D eigenvalue weighted by molar-refractivity contribution is 7.18. The molecule has 1 unspecified atom stereocenters. The molecule has 2 N–H and O–H groups in total. The normalized spacial score (nSPS) is 14.9. The van der Waals surface area contributed by atoms with Crippen LogP contribution in [0.4, 0.5) is 18.0 Å². The molecular weight excluding hydrogens is 477 g/mol. The fourth-order valence-electron chi connectivity index (χ4n) is 4.41. The molecule has 4 aromatic rings. The van der Waals surface area contributed by atoms with Crippen LogP contribution in [-0.2, 0) is 10.3 Å². The number of alkyl carbamates (subject to hydrolysis) is 1. The number of amides is 1. The van der Waals surface area contributed by atoms with Gasteiger partial charge in [-0.15, -0.1) is 11.3 Å². The predicted molar refractivity (Wildman–Crippen MR) is 127 cm³/mol. The third-order valence-corrected chi connectivity index (χ3v) is 7.40. The zero-order valence-electron chi connectivity index (χ0n) is 18.4. The Labute approximate surface area is 203 Å². The summed E-state index contributed by atoms with van der Waals surface area (Å²) in [6.45, 7) is -0.399. The average Bonchev–Trinajstić information content (AvgIpc) is 3.42. The van der Waals surface area contributed by atoms with E-state index in [1.165, 1.54) is 0 Å². The van der Waals surface area contributed by atoms with Gasteiger partial charge in [0.1, 0.15) is 11.6 Å². The maximum absolute atomic E-state index is 13.8. The van der Waals surface area contributed by atoms with Gasteiger partial charge in [-0.05, 0) is 34.4 Å². The van der Waals surface area contributed by atoms with Crippen LogP contribution >= 0.6 is 11.3 Å². The van der Waals surface area contributed by atoms with Crippen LogP contribution in [0.15, 0.2) is 72.8 Å². The van der Waals surface area contributed by atoms with Crippen LogP contribution in [0.3, 0.4) is 0 Å². The maximum Gasteiger partial charge on any atom is 0.423 e. The van der Waals surface area contributed by atoms with Crippen LogP contribution in [0.1, 0.15) is 28.5 Å². The Morgan fingerprint density at radius 1 is 0.971 bits per heavy atom. The third kappa shape index (κ3) is 4.26. The summed E-state index contributed by atoms with van der Waals surface area (Å²) in [5.41, 5.74) is 1.39. The van der Waals surface area contributed by atoms with Crippen LogP contribution in [0.25, 0.3) is 21.3 Å². The molecular formula is C26H21F3N2O3S. The van der Waals surface area contributed by atoms with Crippen molar-refractivity contribution in [2.45, 2.75) is 24.1 Å². The Kier molecular flexibility index (Phi) is 5.98. The van der Waals surface area contributed by atoms with E-state index in [1.54, 1.807) is 24.3 Å². The first kappa shape index (κ1) is 23.3. The summed E-state index contributed by atoms with van der Waals surface area (Å²) in [6, 6.07) is 22.3. The van der Waals surface area contributed by atoms with Gasteiger partial charge >= 0.3 is 12.3 Å². The van der Waals surface area contributed by atoms with Gasteiger partial charge < -0.3 is 15.2 Å². The fourth-order valence-corrected chi connectivity index (χ4v) is 5.52. The molecule has 0 aliphatic heterocycles. The molecule has 180 valence electrons.